The van der Waals surface area contributed by atoms with Crippen LogP contribution in [-0.4, -0.2) is 29.9 Å². The maximum atomic E-state index is 13.0. The summed E-state index contributed by atoms with van der Waals surface area (Å²) in [5, 5.41) is 5.37. The van der Waals surface area contributed by atoms with Crippen molar-refractivity contribution in [1.82, 2.24) is 4.90 Å². The van der Waals surface area contributed by atoms with Gasteiger partial charge in [0.1, 0.15) is 0 Å². The minimum atomic E-state index is -4.60. The molecule has 1 saturated carbocycles. The number of carbonyl (C=O) groups is 1. The first-order valence-corrected chi connectivity index (χ1v) is 10.3. The molecular formula is C23H21ClF3N3O. The number of amides is 1. The minimum absolute atomic E-state index is 0.0257. The van der Waals surface area contributed by atoms with E-state index >= 15 is 0 Å². The maximum absolute atomic E-state index is 13.0. The van der Waals surface area contributed by atoms with Crippen LogP contribution in [0.2, 0.25) is 5.02 Å². The highest BCUT2D eigenvalue weighted by atomic mass is 35.5. The van der Waals surface area contributed by atoms with Crippen LogP contribution in [0.15, 0.2) is 66.4 Å². The van der Waals surface area contributed by atoms with Gasteiger partial charge in [0.25, 0.3) is 5.91 Å². The fourth-order valence-corrected chi connectivity index (χ4v) is 3.57. The van der Waals surface area contributed by atoms with Crippen LogP contribution in [-0.2, 0) is 6.18 Å². The lowest BCUT2D eigenvalue weighted by molar-refractivity contribution is -0.137. The maximum Gasteiger partial charge on any atom is 0.417 e. The molecule has 1 aliphatic carbocycles. The van der Waals surface area contributed by atoms with Crippen molar-refractivity contribution >= 4 is 28.9 Å². The van der Waals surface area contributed by atoms with Crippen molar-refractivity contribution in [2.24, 2.45) is 0 Å². The van der Waals surface area contributed by atoms with E-state index < -0.39 is 22.7 Å². The van der Waals surface area contributed by atoms with Crippen LogP contribution in [0.1, 0.15) is 28.8 Å². The lowest BCUT2D eigenvalue weighted by Crippen LogP contribution is -2.23. The number of rotatable bonds is 6. The van der Waals surface area contributed by atoms with Gasteiger partial charge in [0.05, 0.1) is 10.6 Å². The molecular weight excluding hydrogens is 427 g/mol. The molecule has 0 spiro atoms. The van der Waals surface area contributed by atoms with Crippen LogP contribution in [0, 0.1) is 0 Å². The van der Waals surface area contributed by atoms with Crippen LogP contribution >= 0.6 is 11.6 Å². The van der Waals surface area contributed by atoms with Gasteiger partial charge in [-0.15, -0.1) is 0 Å². The van der Waals surface area contributed by atoms with Gasteiger partial charge in [-0.2, -0.15) is 13.2 Å². The summed E-state index contributed by atoms with van der Waals surface area (Å²) in [7, 11) is 0. The Morgan fingerprint density at radius 2 is 1.94 bits per heavy atom. The van der Waals surface area contributed by atoms with Crippen LogP contribution in [0.4, 0.5) is 24.5 Å². The molecule has 0 aromatic heterocycles. The van der Waals surface area contributed by atoms with Crippen molar-refractivity contribution < 1.29 is 18.0 Å². The topological polar surface area (TPSA) is 44.4 Å². The quantitative estimate of drug-likeness (QED) is 0.576. The molecule has 2 aromatic carbocycles. The molecule has 8 heteroatoms. The van der Waals surface area contributed by atoms with Crippen molar-refractivity contribution in [3.8, 4) is 0 Å². The van der Waals surface area contributed by atoms with Crippen molar-refractivity contribution in [2.45, 2.75) is 25.1 Å². The van der Waals surface area contributed by atoms with E-state index in [0.717, 1.165) is 29.9 Å². The Bertz CT molecular complexity index is 1040. The van der Waals surface area contributed by atoms with E-state index in [-0.39, 0.29) is 5.69 Å². The smallest absolute Gasteiger partial charge is 0.381 e. The van der Waals surface area contributed by atoms with Crippen molar-refractivity contribution in [3.63, 3.8) is 0 Å². The Balaban J connectivity index is 1.38. The zero-order valence-corrected chi connectivity index (χ0v) is 17.3. The molecule has 2 aromatic rings. The number of benzene rings is 2. The Labute approximate surface area is 183 Å². The minimum Gasteiger partial charge on any atom is -0.381 e. The highest BCUT2D eigenvalue weighted by molar-refractivity contribution is 6.31. The molecule has 4 nitrogen and oxygen atoms in total. The lowest BCUT2D eigenvalue weighted by Gasteiger charge is -2.22. The first kappa shape index (κ1) is 21.3. The number of hydrogen-bond donors (Lipinski definition) is 2. The van der Waals surface area contributed by atoms with E-state index in [4.69, 9.17) is 11.6 Å². The van der Waals surface area contributed by atoms with Gasteiger partial charge >= 0.3 is 6.18 Å². The first-order valence-electron chi connectivity index (χ1n) is 9.94. The average molecular weight is 448 g/mol. The number of nitrogens with one attached hydrogen (secondary N) is 2. The molecule has 1 amide bonds. The molecule has 2 N–H and O–H groups in total. The summed E-state index contributed by atoms with van der Waals surface area (Å²) in [6, 6.07) is 10.8. The van der Waals surface area contributed by atoms with E-state index in [0.29, 0.717) is 18.2 Å². The lowest BCUT2D eigenvalue weighted by atomic mass is 10.1. The van der Waals surface area contributed by atoms with E-state index in [1.165, 1.54) is 18.9 Å². The van der Waals surface area contributed by atoms with Crippen LogP contribution in [0.25, 0.3) is 0 Å². The highest BCUT2D eigenvalue weighted by Gasteiger charge is 2.33. The number of nitrogens with zero attached hydrogens (tertiary/aromatic N) is 1. The monoisotopic (exact) mass is 447 g/mol. The third-order valence-electron chi connectivity index (χ3n) is 5.21. The number of halogens is 4. The second-order valence-corrected chi connectivity index (χ2v) is 8.01. The van der Waals surface area contributed by atoms with Crippen molar-refractivity contribution in [2.75, 3.05) is 23.7 Å². The largest absolute Gasteiger partial charge is 0.417 e. The number of carbonyl (C=O) groups excluding carboxylic acids is 1. The zero-order valence-electron chi connectivity index (χ0n) is 16.5. The summed E-state index contributed by atoms with van der Waals surface area (Å²) in [5.41, 5.74) is 1.28. The predicted octanol–water partition coefficient (Wildman–Crippen LogP) is 5.94. The van der Waals surface area contributed by atoms with Gasteiger partial charge < -0.3 is 15.5 Å². The molecule has 1 heterocycles. The first-order chi connectivity index (χ1) is 14.8. The normalized spacial score (nSPS) is 16.1. The molecule has 0 bridgehead atoms. The van der Waals surface area contributed by atoms with E-state index in [2.05, 4.69) is 33.9 Å². The van der Waals surface area contributed by atoms with Gasteiger partial charge in [-0.25, -0.2) is 0 Å². The van der Waals surface area contributed by atoms with Crippen LogP contribution in [0.5, 0.6) is 0 Å². The molecule has 0 saturated heterocycles. The summed E-state index contributed by atoms with van der Waals surface area (Å²) in [4.78, 5) is 14.9. The Morgan fingerprint density at radius 3 is 2.61 bits per heavy atom. The number of hydrogen-bond acceptors (Lipinski definition) is 3. The Morgan fingerprint density at radius 1 is 1.13 bits per heavy atom. The zero-order chi connectivity index (χ0) is 22.0. The van der Waals surface area contributed by atoms with Gasteiger partial charge in [0.2, 0.25) is 0 Å². The average Bonchev–Trinajstić information content (AvgIpc) is 3.59. The summed E-state index contributed by atoms with van der Waals surface area (Å²) in [6.45, 7) is 1.52. The number of alkyl halides is 3. The van der Waals surface area contributed by atoms with Gasteiger partial charge in [0, 0.05) is 36.1 Å². The predicted molar refractivity (Wildman–Crippen MR) is 116 cm³/mol. The molecule has 1 aliphatic heterocycles. The molecule has 31 heavy (non-hydrogen) atoms. The molecule has 0 atom stereocenters. The van der Waals surface area contributed by atoms with Crippen LogP contribution in [0.3, 0.4) is 0 Å². The third kappa shape index (κ3) is 5.41. The SMILES string of the molecule is O=C(Nc1ccc(Cl)c(C(F)(F)F)c1)c1cccc(NCC2=CCN(C3CC3)C=C2)c1. The Kier molecular flexibility index (Phi) is 5.96. The fraction of sp³-hybridized carbons (Fsp3) is 0.261. The number of anilines is 2. The second kappa shape index (κ2) is 8.67. The van der Waals surface area contributed by atoms with Crippen LogP contribution < -0.4 is 10.6 Å². The Hall–Kier alpha value is -2.93. The third-order valence-corrected chi connectivity index (χ3v) is 5.54. The summed E-state index contributed by atoms with van der Waals surface area (Å²) in [6.07, 6.45) is 4.31. The van der Waals surface area contributed by atoms with Gasteiger partial charge in [-0.05, 0) is 67.1 Å². The molecule has 4 rings (SSSR count). The second-order valence-electron chi connectivity index (χ2n) is 7.60. The van der Waals surface area contributed by atoms with Gasteiger partial charge in [0.15, 0.2) is 0 Å². The van der Waals surface area contributed by atoms with E-state index in [1.807, 2.05) is 6.07 Å². The van der Waals surface area contributed by atoms with E-state index in [9.17, 15) is 18.0 Å². The van der Waals surface area contributed by atoms with Gasteiger partial charge in [-0.1, -0.05) is 23.7 Å². The van der Waals surface area contributed by atoms with Crippen molar-refractivity contribution in [3.05, 3.63) is 82.5 Å². The summed E-state index contributed by atoms with van der Waals surface area (Å²) < 4.78 is 39.1. The highest BCUT2D eigenvalue weighted by Crippen LogP contribution is 2.36. The molecule has 0 unspecified atom stereocenters. The standard InChI is InChI=1S/C23H21ClF3N3O/c24-21-7-4-18(13-20(21)23(25,26)27)29-22(31)16-2-1-3-17(12-16)28-14-15-8-10-30(11-9-15)19-5-6-19/h1-4,7-10,12-13,19,28H,5-6,11,14H2,(H,29,31). The fourth-order valence-electron chi connectivity index (χ4n) is 3.35. The van der Waals surface area contributed by atoms with E-state index in [1.54, 1.807) is 18.2 Å². The summed E-state index contributed by atoms with van der Waals surface area (Å²) >= 11 is 5.63. The molecule has 162 valence electrons. The van der Waals surface area contributed by atoms with Gasteiger partial charge in [-0.3, -0.25) is 4.79 Å². The van der Waals surface area contributed by atoms with Crippen molar-refractivity contribution in [1.29, 1.82) is 0 Å². The molecule has 2 aliphatic rings. The molecule has 1 fully saturated rings. The molecule has 0 radical (unpaired) electrons. The summed E-state index contributed by atoms with van der Waals surface area (Å²) in [5.74, 6) is -0.504.